The first-order chi connectivity index (χ1) is 10.6. The fourth-order valence-corrected chi connectivity index (χ4v) is 1.75. The van der Waals surface area contributed by atoms with Crippen LogP contribution in [0.5, 0.6) is 0 Å². The summed E-state index contributed by atoms with van der Waals surface area (Å²) < 4.78 is 4.91. The van der Waals surface area contributed by atoms with Crippen LogP contribution in [0.15, 0.2) is 12.7 Å². The molecule has 2 aromatic heterocycles. The maximum absolute atomic E-state index is 11.9. The topological polar surface area (TPSA) is 122 Å². The number of fused-ring (bicyclic) bond motifs is 1. The maximum atomic E-state index is 11.9. The molecule has 0 saturated heterocycles. The van der Waals surface area contributed by atoms with E-state index in [4.69, 9.17) is 4.74 Å². The summed E-state index contributed by atoms with van der Waals surface area (Å²) in [4.78, 5) is 37.9. The highest BCUT2D eigenvalue weighted by molar-refractivity contribution is 5.96. The largest absolute Gasteiger partial charge is 0.447 e. The molecule has 0 bridgehead atoms. The molecule has 0 fully saturated rings. The number of hydrogen-bond acceptors (Lipinski definition) is 6. The highest BCUT2D eigenvalue weighted by Crippen LogP contribution is 2.14. The number of H-pyrrole nitrogens is 1. The van der Waals surface area contributed by atoms with Crippen LogP contribution in [0.25, 0.3) is 11.2 Å². The number of amides is 2. The molecule has 0 aromatic carbocycles. The summed E-state index contributed by atoms with van der Waals surface area (Å²) in [5.41, 5.74) is 1.07. The number of aromatic nitrogens is 4. The van der Waals surface area contributed by atoms with E-state index in [0.717, 1.165) is 0 Å². The van der Waals surface area contributed by atoms with Crippen LogP contribution in [0, 0.1) is 0 Å². The number of ether oxygens (including phenoxy) is 1. The van der Waals surface area contributed by atoms with Crippen molar-refractivity contribution in [2.24, 2.45) is 0 Å². The van der Waals surface area contributed by atoms with Crippen molar-refractivity contribution >= 4 is 29.0 Å². The fraction of sp³-hybridized carbons (Fsp3) is 0.462. The predicted octanol–water partition coefficient (Wildman–Crippen LogP) is 1.21. The summed E-state index contributed by atoms with van der Waals surface area (Å²) in [7, 11) is 0. The first kappa shape index (κ1) is 15.7. The number of hydrogen-bond donors (Lipinski definition) is 3. The molecule has 0 atom stereocenters. The number of anilines is 1. The van der Waals surface area contributed by atoms with Crippen molar-refractivity contribution in [3.8, 4) is 0 Å². The van der Waals surface area contributed by atoms with Gasteiger partial charge in [0.25, 0.3) is 0 Å². The number of rotatable bonds is 6. The Labute approximate surface area is 126 Å². The van der Waals surface area contributed by atoms with Crippen molar-refractivity contribution in [2.45, 2.75) is 32.8 Å². The van der Waals surface area contributed by atoms with Gasteiger partial charge in [0, 0.05) is 13.0 Å². The van der Waals surface area contributed by atoms with Crippen molar-refractivity contribution in [1.82, 2.24) is 25.3 Å². The molecule has 9 heteroatoms. The molecule has 0 unspecified atom stereocenters. The van der Waals surface area contributed by atoms with E-state index in [1.165, 1.54) is 12.7 Å². The quantitative estimate of drug-likeness (QED) is 0.689. The molecule has 2 amide bonds. The summed E-state index contributed by atoms with van der Waals surface area (Å²) in [6.07, 6.45) is 2.92. The summed E-state index contributed by atoms with van der Waals surface area (Å²) in [5, 5.41) is 5.26. The van der Waals surface area contributed by atoms with Gasteiger partial charge in [0.2, 0.25) is 5.91 Å². The normalized spacial score (nSPS) is 10.7. The molecule has 0 aliphatic heterocycles. The molecule has 0 aliphatic carbocycles. The van der Waals surface area contributed by atoms with Gasteiger partial charge in [-0.2, -0.15) is 0 Å². The molecule has 0 saturated carbocycles. The third kappa shape index (κ3) is 4.40. The van der Waals surface area contributed by atoms with Crippen molar-refractivity contribution in [2.75, 3.05) is 11.9 Å². The lowest BCUT2D eigenvalue weighted by molar-refractivity contribution is -0.116. The van der Waals surface area contributed by atoms with E-state index in [-0.39, 0.29) is 18.4 Å². The van der Waals surface area contributed by atoms with Gasteiger partial charge in [-0.25, -0.2) is 19.7 Å². The average Bonchev–Trinajstić information content (AvgIpc) is 2.92. The van der Waals surface area contributed by atoms with E-state index in [9.17, 15) is 9.59 Å². The molecule has 3 N–H and O–H groups in total. The van der Waals surface area contributed by atoms with Crippen molar-refractivity contribution in [3.63, 3.8) is 0 Å². The fourth-order valence-electron chi connectivity index (χ4n) is 1.75. The molecular formula is C13H18N6O3. The lowest BCUT2D eigenvalue weighted by Crippen LogP contribution is -2.28. The predicted molar refractivity (Wildman–Crippen MR) is 79.2 cm³/mol. The molecule has 0 aliphatic rings. The third-order valence-electron chi connectivity index (χ3n) is 2.67. The van der Waals surface area contributed by atoms with Gasteiger partial charge in [0.1, 0.15) is 11.8 Å². The second kappa shape index (κ2) is 7.34. The molecule has 2 rings (SSSR count). The first-order valence-electron chi connectivity index (χ1n) is 6.94. The van der Waals surface area contributed by atoms with Gasteiger partial charge < -0.3 is 20.4 Å². The standard InChI is InChI=1S/C13H18N6O3/c1-8(2)22-13(21)14-5-3-4-9(20)19-12-10-11(16-6-15-10)17-7-18-12/h6-8H,3-5H2,1-2H3,(H,14,21)(H2,15,16,17,18,19,20). The third-order valence-corrected chi connectivity index (χ3v) is 2.67. The molecular weight excluding hydrogens is 288 g/mol. The lowest BCUT2D eigenvalue weighted by Gasteiger charge is -2.09. The van der Waals surface area contributed by atoms with Gasteiger partial charge in [-0.1, -0.05) is 0 Å². The van der Waals surface area contributed by atoms with Crippen LogP contribution in [0.1, 0.15) is 26.7 Å². The Morgan fingerprint density at radius 1 is 1.32 bits per heavy atom. The molecule has 0 spiro atoms. The Hall–Kier alpha value is -2.71. The number of alkyl carbamates (subject to hydrolysis) is 1. The van der Waals surface area contributed by atoms with Gasteiger partial charge in [0.15, 0.2) is 11.5 Å². The highest BCUT2D eigenvalue weighted by atomic mass is 16.6. The van der Waals surface area contributed by atoms with Gasteiger partial charge in [-0.05, 0) is 20.3 Å². The molecule has 2 heterocycles. The van der Waals surface area contributed by atoms with Gasteiger partial charge in [0.05, 0.1) is 12.4 Å². The minimum atomic E-state index is -0.481. The van der Waals surface area contributed by atoms with Crippen LogP contribution in [-0.4, -0.2) is 44.6 Å². The number of carbonyl (C=O) groups excluding carboxylic acids is 2. The minimum absolute atomic E-state index is 0.169. The van der Waals surface area contributed by atoms with Gasteiger partial charge >= 0.3 is 6.09 Å². The van der Waals surface area contributed by atoms with E-state index >= 15 is 0 Å². The number of carbonyl (C=O) groups is 2. The number of aromatic amines is 1. The van der Waals surface area contributed by atoms with E-state index < -0.39 is 6.09 Å². The van der Waals surface area contributed by atoms with Crippen LogP contribution in [0.4, 0.5) is 10.6 Å². The molecule has 22 heavy (non-hydrogen) atoms. The lowest BCUT2D eigenvalue weighted by atomic mass is 10.3. The number of nitrogens with zero attached hydrogens (tertiary/aromatic N) is 3. The smallest absolute Gasteiger partial charge is 0.407 e. The van der Waals surface area contributed by atoms with E-state index in [2.05, 4.69) is 30.6 Å². The Balaban J connectivity index is 1.74. The van der Waals surface area contributed by atoms with E-state index in [1.54, 1.807) is 13.8 Å². The van der Waals surface area contributed by atoms with Crippen LogP contribution in [0.2, 0.25) is 0 Å². The van der Waals surface area contributed by atoms with Crippen molar-refractivity contribution < 1.29 is 14.3 Å². The molecule has 118 valence electrons. The Morgan fingerprint density at radius 2 is 2.14 bits per heavy atom. The van der Waals surface area contributed by atoms with E-state index in [1.807, 2.05) is 0 Å². The van der Waals surface area contributed by atoms with Crippen LogP contribution in [0.3, 0.4) is 0 Å². The van der Waals surface area contributed by atoms with Crippen molar-refractivity contribution in [3.05, 3.63) is 12.7 Å². The highest BCUT2D eigenvalue weighted by Gasteiger charge is 2.10. The molecule has 2 aromatic rings. The summed E-state index contributed by atoms with van der Waals surface area (Å²) in [6.45, 7) is 3.90. The van der Waals surface area contributed by atoms with Crippen LogP contribution >= 0.6 is 0 Å². The minimum Gasteiger partial charge on any atom is -0.447 e. The zero-order valence-corrected chi connectivity index (χ0v) is 12.4. The Morgan fingerprint density at radius 3 is 2.91 bits per heavy atom. The second-order valence-corrected chi connectivity index (χ2v) is 4.86. The summed E-state index contributed by atoms with van der Waals surface area (Å²) >= 11 is 0. The first-order valence-corrected chi connectivity index (χ1v) is 6.94. The maximum Gasteiger partial charge on any atom is 0.407 e. The Kier molecular flexibility index (Phi) is 5.23. The summed E-state index contributed by atoms with van der Waals surface area (Å²) in [5.74, 6) is 0.188. The zero-order chi connectivity index (χ0) is 15.9. The van der Waals surface area contributed by atoms with Crippen molar-refractivity contribution in [1.29, 1.82) is 0 Å². The number of nitrogens with one attached hydrogen (secondary N) is 3. The molecule has 0 radical (unpaired) electrons. The average molecular weight is 306 g/mol. The number of imidazole rings is 1. The zero-order valence-electron chi connectivity index (χ0n) is 12.4. The van der Waals surface area contributed by atoms with Gasteiger partial charge in [-0.3, -0.25) is 4.79 Å². The van der Waals surface area contributed by atoms with Crippen LogP contribution in [-0.2, 0) is 9.53 Å². The SMILES string of the molecule is CC(C)OC(=O)NCCCC(=O)Nc1ncnc2nc[nH]c12. The summed E-state index contributed by atoms with van der Waals surface area (Å²) in [6, 6.07) is 0. The van der Waals surface area contributed by atoms with Gasteiger partial charge in [-0.15, -0.1) is 0 Å². The van der Waals surface area contributed by atoms with Crippen LogP contribution < -0.4 is 10.6 Å². The monoisotopic (exact) mass is 306 g/mol. The Bertz CT molecular complexity index is 654. The second-order valence-electron chi connectivity index (χ2n) is 4.86. The van der Waals surface area contributed by atoms with E-state index in [0.29, 0.717) is 29.9 Å². The molecule has 9 nitrogen and oxygen atoms in total.